The maximum atomic E-state index is 13.1. The van der Waals surface area contributed by atoms with Crippen LogP contribution in [0.4, 0.5) is 4.79 Å². The summed E-state index contributed by atoms with van der Waals surface area (Å²) in [7, 11) is 0. The minimum atomic E-state index is -1.76. The van der Waals surface area contributed by atoms with E-state index >= 15 is 0 Å². The number of nitrogens with one attached hydrogen (secondary N) is 1. The molecule has 19 heteroatoms. The van der Waals surface area contributed by atoms with E-state index < -0.39 is 23.5 Å². The number of aryl methyl sites for hydroxylation is 1. The normalized spacial score (nSPS) is 18.5. The molecule has 1 radical (unpaired) electrons. The topological polar surface area (TPSA) is 263 Å². The van der Waals surface area contributed by atoms with E-state index in [1.165, 1.54) is 24.2 Å². The zero-order chi connectivity index (χ0) is 41.4. The fraction of sp³-hybridized carbons (Fsp3) is 0.537. The van der Waals surface area contributed by atoms with Crippen LogP contribution in [0.15, 0.2) is 41.4 Å². The van der Waals surface area contributed by atoms with Crippen LogP contribution in [0.5, 0.6) is 5.75 Å². The molecule has 3 fully saturated rings. The van der Waals surface area contributed by atoms with Crippen molar-refractivity contribution in [3.63, 3.8) is 0 Å². The van der Waals surface area contributed by atoms with E-state index in [-0.39, 0.29) is 116 Å². The number of aromatic nitrogens is 2. The maximum Gasteiger partial charge on any atom is 2.00 e. The number of piperazine rings is 1. The van der Waals surface area contributed by atoms with Crippen LogP contribution in [0, 0.1) is 5.41 Å². The summed E-state index contributed by atoms with van der Waals surface area (Å²) in [6.45, 7) is 13.0. The van der Waals surface area contributed by atoms with E-state index in [2.05, 4.69) is 16.8 Å². The second kappa shape index (κ2) is 23.8. The van der Waals surface area contributed by atoms with Gasteiger partial charge in [-0.15, -0.1) is 19.1 Å². The van der Waals surface area contributed by atoms with Gasteiger partial charge in [0.15, 0.2) is 11.2 Å². The predicted molar refractivity (Wildman–Crippen MR) is 218 cm³/mol. The van der Waals surface area contributed by atoms with Crippen molar-refractivity contribution < 1.29 is 98.4 Å². The number of aliphatic hydroxyl groups is 1. The third kappa shape index (κ3) is 11.2. The van der Waals surface area contributed by atoms with E-state index in [4.69, 9.17) is 30.9 Å². The number of hydrogen-bond acceptors (Lipinski definition) is 9. The first kappa shape index (κ1) is 52.9. The molecule has 5 aliphatic rings. The number of piperidine rings is 1. The zero-order valence-corrected chi connectivity index (χ0v) is 39.5. The Kier molecular flexibility index (Phi) is 21.0. The van der Waals surface area contributed by atoms with Gasteiger partial charge in [0.1, 0.15) is 18.5 Å². The molecule has 2 amide bonds. The molecular weight excluding hydrogens is 1030 g/mol. The van der Waals surface area contributed by atoms with Crippen molar-refractivity contribution in [2.45, 2.75) is 97.4 Å². The number of aliphatic hydroxyl groups excluding tert-OH is 1. The number of pyridine rings is 2. The molecule has 329 valence electrons. The van der Waals surface area contributed by atoms with Crippen molar-refractivity contribution in [1.29, 1.82) is 0 Å². The van der Waals surface area contributed by atoms with Crippen LogP contribution < -0.4 is 10.4 Å². The largest absolute Gasteiger partial charge is 2.00 e. The van der Waals surface area contributed by atoms with Crippen molar-refractivity contribution in [1.82, 2.24) is 19.4 Å². The summed E-state index contributed by atoms with van der Waals surface area (Å²) in [6, 6.07) is 7.13. The second-order valence-electron chi connectivity index (χ2n) is 14.5. The van der Waals surface area contributed by atoms with Gasteiger partial charge in [0.25, 0.3) is 5.56 Å². The summed E-state index contributed by atoms with van der Waals surface area (Å²) in [5.41, 5.74) is 10.5. The number of amides is 2. The molecule has 6 heterocycles. The molecule has 1 unspecified atom stereocenters. The average Bonchev–Trinajstić information content (AvgIpc) is 3.61. The first-order valence-electron chi connectivity index (χ1n) is 19.8. The van der Waals surface area contributed by atoms with Crippen molar-refractivity contribution >= 4 is 28.9 Å². The van der Waals surface area contributed by atoms with Gasteiger partial charge in [-0.25, -0.2) is 15.0 Å². The van der Waals surface area contributed by atoms with Crippen molar-refractivity contribution in [2.24, 2.45) is 5.41 Å². The Morgan fingerprint density at radius 1 is 1.00 bits per heavy atom. The third-order valence-corrected chi connectivity index (χ3v) is 11.3. The number of carbonyl (C=O) groups is 3. The van der Waals surface area contributed by atoms with Gasteiger partial charge in [0, 0.05) is 75.4 Å². The van der Waals surface area contributed by atoms with Gasteiger partial charge >= 0.3 is 39.0 Å². The Hall–Kier alpha value is -3.28. The number of fused-ring (bicyclic) bond motifs is 5. The first-order chi connectivity index (χ1) is 27.4. The molecule has 1 saturated carbocycles. The van der Waals surface area contributed by atoms with Crippen LogP contribution in [0.2, 0.25) is 0 Å². The predicted octanol–water partition coefficient (Wildman–Crippen LogP) is 7.07. The molecule has 7 N–H and O–H groups in total. The molecule has 17 nitrogen and oxygen atoms in total. The third-order valence-electron chi connectivity index (χ3n) is 11.3. The number of carboxylic acid groups (broad SMARTS) is 2. The van der Waals surface area contributed by atoms with Gasteiger partial charge in [-0.05, 0) is 49.1 Å². The molecule has 1 aliphatic carbocycles. The molecular formula is C41H56N7O10PtY-. The molecule has 3 aromatic rings. The zero-order valence-electron chi connectivity index (χ0n) is 34.4. The van der Waals surface area contributed by atoms with Gasteiger partial charge < -0.3 is 56.5 Å². The number of rotatable bonds is 4. The number of likely N-dealkylation sites (tertiary alicyclic amines) is 1. The molecule has 0 spiro atoms. The summed E-state index contributed by atoms with van der Waals surface area (Å²) in [5.74, 6) is -2.07. The number of ether oxygens (including phenoxy) is 1. The van der Waals surface area contributed by atoms with E-state index in [9.17, 15) is 24.3 Å². The number of aliphatic carboxylic acids is 2. The SMILES string of the molecule is C=C1OCc2c(cc3n(c2=O)Cc2c-3nc3ccc(OO)cc3c2CC)C1O.CC.O=C(N1CC[N-]CC1)N1CCC(C(=O)O)(C(=O)O)CC1.[NH-]C1CCCCC1.[NH2-].[Pt+2].[Y]. The first-order valence-corrected chi connectivity index (χ1v) is 19.8. The summed E-state index contributed by atoms with van der Waals surface area (Å²) in [4.78, 5) is 60.1. The Labute approximate surface area is 389 Å². The maximum absolute atomic E-state index is 13.1. The molecule has 2 aromatic heterocycles. The molecule has 1 aromatic carbocycles. The quantitative estimate of drug-likeness (QED) is 0.0912. The van der Waals surface area contributed by atoms with Crippen LogP contribution in [-0.4, -0.2) is 103 Å². The monoisotopic (exact) mass is 1090 g/mol. The van der Waals surface area contributed by atoms with Gasteiger partial charge in [-0.2, -0.15) is 0 Å². The minimum absolute atomic E-state index is 0. The van der Waals surface area contributed by atoms with Crippen LogP contribution in [0.1, 0.15) is 94.1 Å². The van der Waals surface area contributed by atoms with E-state index in [0.717, 1.165) is 47.0 Å². The van der Waals surface area contributed by atoms with Crippen LogP contribution in [0.3, 0.4) is 0 Å². The van der Waals surface area contributed by atoms with Gasteiger partial charge in [-0.1, -0.05) is 59.5 Å². The number of carbonyl (C=O) groups excluding carboxylic acids is 1. The number of nitrogens with two attached hydrogens (primary N) is 1. The Bertz CT molecular complexity index is 2010. The standard InChI is InChI=1S/C21H18N2O5.C12H18N3O5.C6H12N.C2H6.H2N.Pt.Y/c1-3-12-13-6-11(28-26)4-5-17(13)22-19-15(12)8-23-18(19)7-14-16(21(23)25)9-27-10(2)20(14)24;16-9(17)12(10(18)19)1-5-14(6-2-12)11(20)15-7-3-13-4-8-15;7-6-4-2-1-3-5-6;1-2;;;/h4-7,20,24,26H,2-3,8-9H2,1H3;1-8H2,(H,16,17)(H,18,19);6-7H,1-5H2;1-2H3;1H2;;/q;2*-1;;-1;+2;. The van der Waals surface area contributed by atoms with Crippen molar-refractivity contribution in [3.05, 3.63) is 86.4 Å². The van der Waals surface area contributed by atoms with Crippen LogP contribution >= 0.6 is 0 Å². The number of carboxylic acids is 2. The second-order valence-corrected chi connectivity index (χ2v) is 14.5. The summed E-state index contributed by atoms with van der Waals surface area (Å²) >= 11 is 0. The van der Waals surface area contributed by atoms with Gasteiger partial charge in [0.2, 0.25) is 0 Å². The fourth-order valence-electron chi connectivity index (χ4n) is 7.92. The Morgan fingerprint density at radius 2 is 1.60 bits per heavy atom. The van der Waals surface area contributed by atoms with Gasteiger partial charge in [-0.3, -0.25) is 14.4 Å². The molecule has 1 atom stereocenters. The number of benzene rings is 1. The molecule has 8 rings (SSSR count). The summed E-state index contributed by atoms with van der Waals surface area (Å²) in [6.07, 6.45) is 5.88. The summed E-state index contributed by atoms with van der Waals surface area (Å²) in [5, 5.41) is 42.7. The minimum Gasteiger partial charge on any atom is -0.693 e. The smallest absolute Gasteiger partial charge is 0.693 e. The van der Waals surface area contributed by atoms with Crippen LogP contribution in [-0.2, 0) is 87.7 Å². The van der Waals surface area contributed by atoms with Crippen molar-refractivity contribution in [2.75, 3.05) is 39.3 Å². The molecule has 0 bridgehead atoms. The fourth-order valence-corrected chi connectivity index (χ4v) is 7.92. The van der Waals surface area contributed by atoms with E-state index in [1.54, 1.807) is 27.7 Å². The number of urea groups is 1. The summed E-state index contributed by atoms with van der Waals surface area (Å²) < 4.78 is 7.04. The molecule has 60 heavy (non-hydrogen) atoms. The van der Waals surface area contributed by atoms with Crippen LogP contribution in [0.25, 0.3) is 39.5 Å². The Balaban J connectivity index is 0.000000340. The van der Waals surface area contributed by atoms with E-state index in [1.807, 2.05) is 26.8 Å². The van der Waals surface area contributed by atoms with E-state index in [0.29, 0.717) is 55.3 Å². The molecule has 4 aliphatic heterocycles. The number of hydrogen-bond donors (Lipinski definition) is 4. The average molecular weight is 1090 g/mol. The molecule has 2 saturated heterocycles. The number of nitrogens with zero attached hydrogens (tertiary/aromatic N) is 5. The van der Waals surface area contributed by atoms with Crippen molar-refractivity contribution in [3.8, 4) is 17.1 Å². The van der Waals surface area contributed by atoms with Gasteiger partial charge in [0.05, 0.1) is 29.0 Å². The Morgan fingerprint density at radius 3 is 2.13 bits per heavy atom.